The second-order valence-corrected chi connectivity index (χ2v) is 6.39. The molecule has 0 fully saturated rings. The lowest BCUT2D eigenvalue weighted by Crippen LogP contribution is -2.14. The minimum atomic E-state index is -0.456. The van der Waals surface area contributed by atoms with E-state index in [-0.39, 0.29) is 18.0 Å². The minimum absolute atomic E-state index is 0.00876. The SMILES string of the molecule is CSc1nc(C)c(CCC(=O)Nc2cccc([N+](=O)[O-])c2C)c(C)n1. The van der Waals surface area contributed by atoms with Crippen molar-refractivity contribution in [3.63, 3.8) is 0 Å². The molecule has 1 aromatic carbocycles. The molecule has 0 aliphatic rings. The molecule has 2 rings (SSSR count). The summed E-state index contributed by atoms with van der Waals surface area (Å²) in [6.45, 7) is 5.44. The largest absolute Gasteiger partial charge is 0.326 e. The standard InChI is InChI=1S/C17H20N4O3S/c1-10-14(6-5-7-15(10)21(23)24)20-16(22)9-8-13-11(2)18-17(25-4)19-12(13)3/h5-7H,8-9H2,1-4H3,(H,20,22). The molecule has 0 aliphatic heterocycles. The summed E-state index contributed by atoms with van der Waals surface area (Å²) in [6.07, 6.45) is 2.70. The molecule has 25 heavy (non-hydrogen) atoms. The van der Waals surface area contributed by atoms with Gasteiger partial charge in [-0.15, -0.1) is 0 Å². The molecule has 0 atom stereocenters. The molecule has 1 heterocycles. The van der Waals surface area contributed by atoms with Crippen LogP contribution in [0.1, 0.15) is 28.9 Å². The number of nitrogens with zero attached hydrogens (tertiary/aromatic N) is 3. The molecule has 2 aromatic rings. The highest BCUT2D eigenvalue weighted by atomic mass is 32.2. The van der Waals surface area contributed by atoms with Gasteiger partial charge in [0.15, 0.2) is 5.16 Å². The maximum Gasteiger partial charge on any atom is 0.274 e. The lowest BCUT2D eigenvalue weighted by atomic mass is 10.1. The van der Waals surface area contributed by atoms with E-state index in [9.17, 15) is 14.9 Å². The number of aromatic nitrogens is 2. The third-order valence-corrected chi connectivity index (χ3v) is 4.51. The van der Waals surface area contributed by atoms with Crippen molar-refractivity contribution in [3.05, 3.63) is 50.8 Å². The summed E-state index contributed by atoms with van der Waals surface area (Å²) >= 11 is 1.48. The zero-order valence-corrected chi connectivity index (χ0v) is 15.4. The number of carbonyl (C=O) groups excluding carboxylic acids is 1. The Hall–Kier alpha value is -2.48. The van der Waals surface area contributed by atoms with E-state index in [1.807, 2.05) is 20.1 Å². The van der Waals surface area contributed by atoms with Crippen LogP contribution in [0, 0.1) is 30.9 Å². The fourth-order valence-corrected chi connectivity index (χ4v) is 3.03. The van der Waals surface area contributed by atoms with Crippen molar-refractivity contribution in [2.24, 2.45) is 0 Å². The van der Waals surface area contributed by atoms with Crippen LogP contribution in [0.2, 0.25) is 0 Å². The number of amides is 1. The summed E-state index contributed by atoms with van der Waals surface area (Å²) in [4.78, 5) is 31.6. The Bertz CT molecular complexity index is 801. The van der Waals surface area contributed by atoms with Crippen LogP contribution < -0.4 is 5.32 Å². The molecule has 1 amide bonds. The molecule has 0 radical (unpaired) electrons. The number of nitrogens with one attached hydrogen (secondary N) is 1. The number of nitro benzene ring substituents is 1. The Morgan fingerprint density at radius 2 is 1.88 bits per heavy atom. The molecule has 1 N–H and O–H groups in total. The maximum atomic E-state index is 12.2. The van der Waals surface area contributed by atoms with Gasteiger partial charge in [0.05, 0.1) is 16.2 Å². The van der Waals surface area contributed by atoms with E-state index in [2.05, 4.69) is 15.3 Å². The van der Waals surface area contributed by atoms with Gasteiger partial charge in [0.2, 0.25) is 5.91 Å². The average Bonchev–Trinajstić information content (AvgIpc) is 2.55. The quantitative estimate of drug-likeness (QED) is 0.366. The van der Waals surface area contributed by atoms with Crippen molar-refractivity contribution in [3.8, 4) is 0 Å². The number of hydrogen-bond acceptors (Lipinski definition) is 6. The van der Waals surface area contributed by atoms with Crippen molar-refractivity contribution < 1.29 is 9.72 Å². The zero-order valence-electron chi connectivity index (χ0n) is 14.6. The highest BCUT2D eigenvalue weighted by Crippen LogP contribution is 2.25. The van der Waals surface area contributed by atoms with E-state index < -0.39 is 4.92 Å². The molecule has 132 valence electrons. The predicted octanol–water partition coefficient (Wildman–Crippen LogP) is 3.60. The van der Waals surface area contributed by atoms with Gasteiger partial charge in [0.25, 0.3) is 5.69 Å². The lowest BCUT2D eigenvalue weighted by Gasteiger charge is -2.11. The molecule has 1 aromatic heterocycles. The van der Waals surface area contributed by atoms with Gasteiger partial charge in [0.1, 0.15) is 0 Å². The van der Waals surface area contributed by atoms with Crippen molar-refractivity contribution in [1.29, 1.82) is 0 Å². The molecule has 0 spiro atoms. The van der Waals surface area contributed by atoms with Gasteiger partial charge in [-0.2, -0.15) is 0 Å². The van der Waals surface area contributed by atoms with Crippen LogP contribution in [0.4, 0.5) is 11.4 Å². The second kappa shape index (κ2) is 8.06. The Balaban J connectivity index is 2.07. The normalized spacial score (nSPS) is 10.6. The number of carbonyl (C=O) groups is 1. The van der Waals surface area contributed by atoms with Crippen LogP contribution in [0.15, 0.2) is 23.4 Å². The van der Waals surface area contributed by atoms with Crippen LogP contribution in [0.25, 0.3) is 0 Å². The number of thioether (sulfide) groups is 1. The van der Waals surface area contributed by atoms with Gasteiger partial charge >= 0.3 is 0 Å². The van der Waals surface area contributed by atoms with Gasteiger partial charge in [0, 0.05) is 23.9 Å². The van der Waals surface area contributed by atoms with E-state index >= 15 is 0 Å². The number of anilines is 1. The Kier molecular flexibility index (Phi) is 6.08. The molecule has 0 saturated heterocycles. The lowest BCUT2D eigenvalue weighted by molar-refractivity contribution is -0.385. The van der Waals surface area contributed by atoms with Crippen molar-refractivity contribution in [2.75, 3.05) is 11.6 Å². The van der Waals surface area contributed by atoms with Crippen LogP contribution in [-0.4, -0.2) is 27.1 Å². The third-order valence-electron chi connectivity index (χ3n) is 3.96. The molecule has 0 unspecified atom stereocenters. The number of rotatable bonds is 6. The Morgan fingerprint density at radius 1 is 1.24 bits per heavy atom. The number of benzene rings is 1. The number of nitro groups is 1. The van der Waals surface area contributed by atoms with E-state index in [4.69, 9.17) is 0 Å². The van der Waals surface area contributed by atoms with Gasteiger partial charge in [-0.1, -0.05) is 17.8 Å². The fourth-order valence-electron chi connectivity index (χ4n) is 2.57. The van der Waals surface area contributed by atoms with E-state index in [1.165, 1.54) is 17.8 Å². The number of aryl methyl sites for hydroxylation is 2. The monoisotopic (exact) mass is 360 g/mol. The summed E-state index contributed by atoms with van der Waals surface area (Å²) in [5, 5.41) is 14.4. The molecule has 0 aliphatic carbocycles. The first-order chi connectivity index (χ1) is 11.8. The highest BCUT2D eigenvalue weighted by Gasteiger charge is 2.15. The molecule has 0 bridgehead atoms. The maximum absolute atomic E-state index is 12.2. The van der Waals surface area contributed by atoms with Gasteiger partial charge in [-0.25, -0.2) is 9.97 Å². The summed E-state index contributed by atoms with van der Waals surface area (Å²) in [5.41, 5.74) is 3.60. The molecule has 7 nitrogen and oxygen atoms in total. The number of hydrogen-bond donors (Lipinski definition) is 1. The fraction of sp³-hybridized carbons (Fsp3) is 0.353. The van der Waals surface area contributed by atoms with Crippen molar-refractivity contribution >= 4 is 29.0 Å². The van der Waals surface area contributed by atoms with Crippen LogP contribution in [0.5, 0.6) is 0 Å². The van der Waals surface area contributed by atoms with E-state index in [1.54, 1.807) is 19.1 Å². The first kappa shape index (κ1) is 18.9. The molecule has 8 heteroatoms. The average molecular weight is 360 g/mol. The van der Waals surface area contributed by atoms with Crippen molar-refractivity contribution in [2.45, 2.75) is 38.8 Å². The summed E-state index contributed by atoms with van der Waals surface area (Å²) in [6, 6.07) is 4.64. The topological polar surface area (TPSA) is 98.0 Å². The van der Waals surface area contributed by atoms with Gasteiger partial charge in [-0.05, 0) is 45.1 Å². The van der Waals surface area contributed by atoms with E-state index in [0.29, 0.717) is 17.7 Å². The first-order valence-electron chi connectivity index (χ1n) is 7.75. The van der Waals surface area contributed by atoms with Crippen LogP contribution >= 0.6 is 11.8 Å². The van der Waals surface area contributed by atoms with Crippen LogP contribution in [0.3, 0.4) is 0 Å². The van der Waals surface area contributed by atoms with Crippen molar-refractivity contribution in [1.82, 2.24) is 9.97 Å². The van der Waals surface area contributed by atoms with Gasteiger partial charge < -0.3 is 5.32 Å². The van der Waals surface area contributed by atoms with Crippen LogP contribution in [-0.2, 0) is 11.2 Å². The second-order valence-electron chi connectivity index (χ2n) is 5.61. The Labute approximate surface area is 150 Å². The molecular weight excluding hydrogens is 340 g/mol. The summed E-state index contributed by atoms with van der Waals surface area (Å²) < 4.78 is 0. The smallest absolute Gasteiger partial charge is 0.274 e. The summed E-state index contributed by atoms with van der Waals surface area (Å²) in [5.74, 6) is -0.198. The zero-order chi connectivity index (χ0) is 18.6. The predicted molar refractivity (Wildman–Crippen MR) is 98.1 cm³/mol. The highest BCUT2D eigenvalue weighted by molar-refractivity contribution is 7.98. The molecule has 0 saturated carbocycles. The summed E-state index contributed by atoms with van der Waals surface area (Å²) in [7, 11) is 0. The molecular formula is C17H20N4O3S. The van der Waals surface area contributed by atoms with Gasteiger partial charge in [-0.3, -0.25) is 14.9 Å². The third kappa shape index (κ3) is 4.54. The first-order valence-corrected chi connectivity index (χ1v) is 8.98. The minimum Gasteiger partial charge on any atom is -0.326 e. The Morgan fingerprint density at radius 3 is 2.44 bits per heavy atom. The van der Waals surface area contributed by atoms with E-state index in [0.717, 1.165) is 22.1 Å².